The number of hydrogen-bond acceptors (Lipinski definition) is 4. The number of nitrogens with two attached hydrogens (primary N) is 1. The third-order valence-electron chi connectivity index (χ3n) is 2.54. The number of aryl methyl sites for hydroxylation is 1. The van der Waals surface area contributed by atoms with E-state index in [9.17, 15) is 4.79 Å². The zero-order valence-electron chi connectivity index (χ0n) is 10.1. The summed E-state index contributed by atoms with van der Waals surface area (Å²) in [5.74, 6) is -0.406. The minimum absolute atomic E-state index is 0.406. The number of amides is 1. The maximum Gasteiger partial charge on any atom is 0.248 e. The number of anilines is 1. The normalized spacial score (nSPS) is 10.3. The number of carbonyl (C=O) groups is 1. The van der Waals surface area contributed by atoms with Gasteiger partial charge in [0.05, 0.1) is 11.6 Å². The van der Waals surface area contributed by atoms with E-state index in [1.807, 2.05) is 18.3 Å². The molecule has 0 radical (unpaired) electrons. The molecule has 1 heterocycles. The summed E-state index contributed by atoms with van der Waals surface area (Å²) in [6.07, 6.45) is 2.87. The highest BCUT2D eigenvalue weighted by Gasteiger charge is 2.02. The van der Waals surface area contributed by atoms with Crippen LogP contribution >= 0.6 is 11.3 Å². The minimum Gasteiger partial charge on any atom is -0.380 e. The average molecular weight is 261 g/mol. The third kappa shape index (κ3) is 3.07. The van der Waals surface area contributed by atoms with Crippen LogP contribution in [0.1, 0.15) is 27.2 Å². The molecule has 0 bridgehead atoms. The van der Waals surface area contributed by atoms with Gasteiger partial charge in [-0.25, -0.2) is 4.98 Å². The number of thiazole rings is 1. The molecule has 5 heteroatoms. The Balaban J connectivity index is 1.95. The molecule has 0 aliphatic carbocycles. The molecular weight excluding hydrogens is 246 g/mol. The Labute approximate surface area is 110 Å². The molecule has 0 unspecified atom stereocenters. The van der Waals surface area contributed by atoms with E-state index in [0.29, 0.717) is 5.56 Å². The number of primary amides is 1. The van der Waals surface area contributed by atoms with Gasteiger partial charge in [-0.15, -0.1) is 11.3 Å². The van der Waals surface area contributed by atoms with Crippen molar-refractivity contribution in [3.63, 3.8) is 0 Å². The first-order valence-corrected chi connectivity index (χ1v) is 6.58. The van der Waals surface area contributed by atoms with Gasteiger partial charge in [0.1, 0.15) is 0 Å². The van der Waals surface area contributed by atoms with Gasteiger partial charge in [-0.3, -0.25) is 4.79 Å². The van der Waals surface area contributed by atoms with Crippen LogP contribution in [0.4, 0.5) is 5.69 Å². The number of nitrogens with zero attached hydrogens (tertiary/aromatic N) is 1. The molecule has 18 heavy (non-hydrogen) atoms. The first-order chi connectivity index (χ1) is 8.69. The third-order valence-corrected chi connectivity index (χ3v) is 3.68. The van der Waals surface area contributed by atoms with Crippen LogP contribution in [-0.4, -0.2) is 10.9 Å². The van der Waals surface area contributed by atoms with Crippen molar-refractivity contribution < 1.29 is 4.79 Å². The molecule has 1 aromatic carbocycles. The lowest BCUT2D eigenvalue weighted by atomic mass is 10.2. The van der Waals surface area contributed by atoms with E-state index >= 15 is 0 Å². The smallest absolute Gasteiger partial charge is 0.248 e. The molecule has 1 aromatic heterocycles. The van der Waals surface area contributed by atoms with Crippen LogP contribution in [0.15, 0.2) is 30.5 Å². The van der Waals surface area contributed by atoms with Gasteiger partial charge in [-0.05, 0) is 30.7 Å². The van der Waals surface area contributed by atoms with Crippen molar-refractivity contribution >= 4 is 22.9 Å². The molecule has 0 spiro atoms. The predicted octanol–water partition coefficient (Wildman–Crippen LogP) is 2.42. The second kappa shape index (κ2) is 5.64. The summed E-state index contributed by atoms with van der Waals surface area (Å²) in [6, 6.07) is 7.13. The van der Waals surface area contributed by atoms with Gasteiger partial charge in [0.15, 0.2) is 0 Å². The molecule has 3 N–H and O–H groups in total. The Hall–Kier alpha value is -1.88. The second-order valence-electron chi connectivity index (χ2n) is 3.87. The van der Waals surface area contributed by atoms with E-state index in [4.69, 9.17) is 5.73 Å². The highest BCUT2D eigenvalue weighted by molar-refractivity contribution is 7.11. The van der Waals surface area contributed by atoms with Crippen molar-refractivity contribution in [2.45, 2.75) is 19.9 Å². The summed E-state index contributed by atoms with van der Waals surface area (Å²) in [5, 5.41) is 4.43. The molecule has 4 nitrogen and oxygen atoms in total. The molecule has 0 fully saturated rings. The van der Waals surface area contributed by atoms with E-state index in [2.05, 4.69) is 17.2 Å². The predicted molar refractivity (Wildman–Crippen MR) is 73.8 cm³/mol. The van der Waals surface area contributed by atoms with Crippen LogP contribution in [-0.2, 0) is 13.0 Å². The fourth-order valence-corrected chi connectivity index (χ4v) is 2.34. The lowest BCUT2D eigenvalue weighted by Crippen LogP contribution is -2.10. The Morgan fingerprint density at radius 2 is 2.11 bits per heavy atom. The lowest BCUT2D eigenvalue weighted by Gasteiger charge is -2.04. The molecule has 0 atom stereocenters. The summed E-state index contributed by atoms with van der Waals surface area (Å²) < 4.78 is 0. The number of benzene rings is 1. The number of nitrogens with one attached hydrogen (secondary N) is 1. The number of aromatic nitrogens is 1. The highest BCUT2D eigenvalue weighted by Crippen LogP contribution is 2.16. The van der Waals surface area contributed by atoms with E-state index in [-0.39, 0.29) is 0 Å². The Morgan fingerprint density at radius 1 is 1.39 bits per heavy atom. The largest absolute Gasteiger partial charge is 0.380 e. The lowest BCUT2D eigenvalue weighted by molar-refractivity contribution is 0.100. The Kier molecular flexibility index (Phi) is 3.94. The van der Waals surface area contributed by atoms with E-state index < -0.39 is 5.91 Å². The first kappa shape index (κ1) is 12.6. The maximum absolute atomic E-state index is 10.9. The fraction of sp³-hybridized carbons (Fsp3) is 0.231. The molecule has 94 valence electrons. The van der Waals surface area contributed by atoms with Crippen molar-refractivity contribution in [3.05, 3.63) is 45.9 Å². The van der Waals surface area contributed by atoms with Crippen molar-refractivity contribution in [1.82, 2.24) is 4.98 Å². The van der Waals surface area contributed by atoms with Crippen LogP contribution in [0.2, 0.25) is 0 Å². The summed E-state index contributed by atoms with van der Waals surface area (Å²) in [6.45, 7) is 2.84. The Bertz CT molecular complexity index is 533. The standard InChI is InChI=1S/C13H15N3OS/c1-2-12-16-8-11(18-12)7-15-10-5-3-9(4-6-10)13(14)17/h3-6,8,15H,2,7H2,1H3,(H2,14,17). The molecule has 0 aliphatic heterocycles. The van der Waals surface area contributed by atoms with E-state index in [1.54, 1.807) is 23.5 Å². The van der Waals surface area contributed by atoms with Gasteiger partial charge in [0.2, 0.25) is 5.91 Å². The van der Waals surface area contributed by atoms with E-state index in [0.717, 1.165) is 23.7 Å². The first-order valence-electron chi connectivity index (χ1n) is 5.76. The quantitative estimate of drug-likeness (QED) is 0.868. The van der Waals surface area contributed by atoms with Crippen LogP contribution in [0.3, 0.4) is 0 Å². The molecule has 2 aromatic rings. The van der Waals surface area contributed by atoms with Gasteiger partial charge < -0.3 is 11.1 Å². The summed E-state index contributed by atoms with van der Waals surface area (Å²) in [4.78, 5) is 16.4. The Morgan fingerprint density at radius 3 is 2.67 bits per heavy atom. The van der Waals surface area contributed by atoms with Crippen LogP contribution in [0.5, 0.6) is 0 Å². The minimum atomic E-state index is -0.406. The van der Waals surface area contributed by atoms with Gasteiger partial charge in [-0.1, -0.05) is 6.92 Å². The van der Waals surface area contributed by atoms with Crippen molar-refractivity contribution in [3.8, 4) is 0 Å². The zero-order chi connectivity index (χ0) is 13.0. The van der Waals surface area contributed by atoms with Crippen molar-refractivity contribution in [1.29, 1.82) is 0 Å². The van der Waals surface area contributed by atoms with Crippen LogP contribution in [0, 0.1) is 0 Å². The average Bonchev–Trinajstić information content (AvgIpc) is 2.85. The maximum atomic E-state index is 10.9. The fourth-order valence-electron chi connectivity index (χ4n) is 1.53. The van der Waals surface area contributed by atoms with Gasteiger partial charge in [0.25, 0.3) is 0 Å². The molecule has 2 rings (SSSR count). The second-order valence-corrected chi connectivity index (χ2v) is 5.07. The van der Waals surface area contributed by atoms with Crippen molar-refractivity contribution in [2.75, 3.05) is 5.32 Å². The number of rotatable bonds is 5. The van der Waals surface area contributed by atoms with E-state index in [1.165, 1.54) is 4.88 Å². The monoisotopic (exact) mass is 261 g/mol. The van der Waals surface area contributed by atoms with Crippen molar-refractivity contribution in [2.24, 2.45) is 5.73 Å². The summed E-state index contributed by atoms with van der Waals surface area (Å²) in [5.41, 5.74) is 6.67. The SMILES string of the molecule is CCc1ncc(CNc2ccc(C(N)=O)cc2)s1. The topological polar surface area (TPSA) is 68.0 Å². The van der Waals surface area contributed by atoms with Gasteiger partial charge >= 0.3 is 0 Å². The van der Waals surface area contributed by atoms with Crippen LogP contribution < -0.4 is 11.1 Å². The van der Waals surface area contributed by atoms with Gasteiger partial charge in [-0.2, -0.15) is 0 Å². The van der Waals surface area contributed by atoms with Crippen LogP contribution in [0.25, 0.3) is 0 Å². The highest BCUT2D eigenvalue weighted by atomic mass is 32.1. The molecule has 0 saturated carbocycles. The summed E-state index contributed by atoms with van der Waals surface area (Å²) >= 11 is 1.71. The number of hydrogen-bond donors (Lipinski definition) is 2. The number of carbonyl (C=O) groups excluding carboxylic acids is 1. The van der Waals surface area contributed by atoms with Gasteiger partial charge in [0, 0.05) is 22.3 Å². The molecule has 0 saturated heterocycles. The molecule has 1 amide bonds. The zero-order valence-corrected chi connectivity index (χ0v) is 11.0. The summed E-state index contributed by atoms with van der Waals surface area (Å²) in [7, 11) is 0. The molecule has 0 aliphatic rings. The molecular formula is C13H15N3OS.